The molecule has 0 fully saturated rings. The van der Waals surface area contributed by atoms with Crippen LogP contribution in [0.1, 0.15) is 16.1 Å². The first-order chi connectivity index (χ1) is 16.4. The molecule has 0 bridgehead atoms. The molecule has 1 heterocycles. The number of aromatic nitrogens is 2. The third-order valence-corrected chi connectivity index (χ3v) is 7.29. The monoisotopic (exact) mass is 562 g/mol. The highest BCUT2D eigenvalue weighted by Gasteiger charge is 2.24. The zero-order valence-electron chi connectivity index (χ0n) is 17.6. The fourth-order valence-electron chi connectivity index (χ4n) is 2.94. The number of hydrogen-bond donors (Lipinski definition) is 5. The van der Waals surface area contributed by atoms with Crippen molar-refractivity contribution in [2.45, 2.75) is 21.6 Å². The maximum absolute atomic E-state index is 12.8. The zero-order valence-corrected chi connectivity index (χ0v) is 20.0. The van der Waals surface area contributed by atoms with Crippen molar-refractivity contribution in [3.63, 3.8) is 0 Å². The van der Waals surface area contributed by atoms with Gasteiger partial charge in [0, 0.05) is 0 Å². The Morgan fingerprint density at radius 2 is 1.42 bits per heavy atom. The maximum atomic E-state index is 12.8. The molecular formula is C17H14N4O12S3. The summed E-state index contributed by atoms with van der Waals surface area (Å²) in [6.07, 6.45) is 0. The van der Waals surface area contributed by atoms with Gasteiger partial charge in [-0.3, -0.25) is 23.6 Å². The number of nitrogens with one attached hydrogen (secondary N) is 1. The third-order valence-electron chi connectivity index (χ3n) is 4.54. The van der Waals surface area contributed by atoms with Crippen molar-refractivity contribution in [2.24, 2.45) is 10.2 Å². The van der Waals surface area contributed by atoms with Crippen LogP contribution in [-0.4, -0.2) is 59.8 Å². The summed E-state index contributed by atoms with van der Waals surface area (Å²) in [6, 6.07) is 5.13. The highest BCUT2D eigenvalue weighted by molar-refractivity contribution is 7.86. The Hall–Kier alpha value is -3.75. The van der Waals surface area contributed by atoms with Gasteiger partial charge in [-0.2, -0.15) is 25.3 Å². The van der Waals surface area contributed by atoms with Gasteiger partial charge < -0.3 is 5.11 Å². The Labute approximate surface area is 201 Å². The van der Waals surface area contributed by atoms with Crippen molar-refractivity contribution in [1.82, 2.24) is 9.78 Å². The lowest BCUT2D eigenvalue weighted by Crippen LogP contribution is -2.14. The van der Waals surface area contributed by atoms with Gasteiger partial charge in [0.15, 0.2) is 11.4 Å². The standard InChI is InChI=1S/C17H14N4O12S3/c1-8-6-13(36(31,32)33)11(7-12(8)35(28,29)30)18-19-14-15(17(23)24)20-21(16(14)22)9-2-4-10(5-3-9)34(25,26)27/h2-7,20H,1H3,(H,23,24)(H,25,26,27)(H,28,29,30)(H,31,32,33). The van der Waals surface area contributed by atoms with Gasteiger partial charge in [0.2, 0.25) is 0 Å². The second-order valence-corrected chi connectivity index (χ2v) is 11.2. The van der Waals surface area contributed by atoms with Gasteiger partial charge in [0.05, 0.1) is 15.5 Å². The average Bonchev–Trinajstić information content (AvgIpc) is 3.07. The fourth-order valence-corrected chi connectivity index (χ4v) is 4.83. The molecule has 0 aliphatic rings. The molecule has 3 rings (SSSR count). The lowest BCUT2D eigenvalue weighted by Gasteiger charge is -2.07. The Bertz CT molecular complexity index is 1800. The summed E-state index contributed by atoms with van der Waals surface area (Å²) in [5, 5.41) is 18.4. The zero-order chi connectivity index (χ0) is 27.2. The van der Waals surface area contributed by atoms with Crippen molar-refractivity contribution < 1.29 is 48.8 Å². The highest BCUT2D eigenvalue weighted by atomic mass is 32.2. The predicted molar refractivity (Wildman–Crippen MR) is 118 cm³/mol. The second-order valence-electron chi connectivity index (χ2n) is 6.99. The molecule has 1 aromatic heterocycles. The van der Waals surface area contributed by atoms with Crippen molar-refractivity contribution in [2.75, 3.05) is 0 Å². The lowest BCUT2D eigenvalue weighted by atomic mass is 10.2. The first-order valence-electron chi connectivity index (χ1n) is 9.09. The van der Waals surface area contributed by atoms with E-state index in [-0.39, 0.29) is 11.3 Å². The second kappa shape index (κ2) is 9.04. The molecule has 0 radical (unpaired) electrons. The quantitative estimate of drug-likeness (QED) is 0.202. The van der Waals surface area contributed by atoms with Crippen LogP contribution in [0.2, 0.25) is 0 Å². The highest BCUT2D eigenvalue weighted by Crippen LogP contribution is 2.31. The summed E-state index contributed by atoms with van der Waals surface area (Å²) in [7, 11) is -14.5. The first kappa shape index (κ1) is 26.8. The summed E-state index contributed by atoms with van der Waals surface area (Å²) < 4.78 is 97.4. The minimum absolute atomic E-state index is 0.0982. The molecule has 36 heavy (non-hydrogen) atoms. The van der Waals surface area contributed by atoms with Crippen LogP contribution in [-0.2, 0) is 30.4 Å². The molecule has 0 spiro atoms. The molecule has 3 aromatic rings. The van der Waals surface area contributed by atoms with E-state index in [1.54, 1.807) is 0 Å². The van der Waals surface area contributed by atoms with Crippen LogP contribution in [0, 0.1) is 6.92 Å². The largest absolute Gasteiger partial charge is 0.476 e. The number of carbonyl (C=O) groups is 1. The molecule has 0 saturated carbocycles. The van der Waals surface area contributed by atoms with E-state index in [0.717, 1.165) is 31.2 Å². The van der Waals surface area contributed by atoms with Gasteiger partial charge in [0.1, 0.15) is 10.6 Å². The molecular weight excluding hydrogens is 548 g/mol. The summed E-state index contributed by atoms with van der Waals surface area (Å²) in [5.41, 5.74) is -4.13. The molecule has 0 amide bonds. The molecule has 0 aliphatic carbocycles. The van der Waals surface area contributed by atoms with E-state index in [1.165, 1.54) is 0 Å². The predicted octanol–water partition coefficient (Wildman–Crippen LogP) is 1.33. The summed E-state index contributed by atoms with van der Waals surface area (Å²) in [5.74, 6) is -1.72. The SMILES string of the molecule is Cc1cc(S(=O)(=O)O)c(N=Nc2c(C(=O)O)[nH]n(-c3ccc(S(=O)(=O)O)cc3)c2=O)cc1S(=O)(=O)O. The van der Waals surface area contributed by atoms with E-state index in [0.29, 0.717) is 16.8 Å². The number of aromatic amines is 1. The number of rotatable bonds is 7. The van der Waals surface area contributed by atoms with E-state index in [9.17, 15) is 49.1 Å². The van der Waals surface area contributed by atoms with E-state index in [2.05, 4.69) is 15.3 Å². The Morgan fingerprint density at radius 1 is 0.861 bits per heavy atom. The van der Waals surface area contributed by atoms with Crippen molar-refractivity contribution >= 4 is 47.7 Å². The topological polar surface area (TPSA) is 263 Å². The van der Waals surface area contributed by atoms with Crippen LogP contribution in [0.4, 0.5) is 11.4 Å². The number of carboxylic acid groups (broad SMARTS) is 1. The van der Waals surface area contributed by atoms with Gasteiger partial charge in [-0.1, -0.05) is 0 Å². The van der Waals surface area contributed by atoms with E-state index in [1.807, 2.05) is 0 Å². The third kappa shape index (κ3) is 5.40. The number of H-pyrrole nitrogens is 1. The minimum Gasteiger partial charge on any atom is -0.476 e. The molecule has 2 aromatic carbocycles. The van der Waals surface area contributed by atoms with Crippen LogP contribution in [0.5, 0.6) is 0 Å². The molecule has 5 N–H and O–H groups in total. The number of carboxylic acids is 1. The van der Waals surface area contributed by atoms with Crippen molar-refractivity contribution in [1.29, 1.82) is 0 Å². The molecule has 0 atom stereocenters. The summed E-state index contributed by atoms with van der Waals surface area (Å²) >= 11 is 0. The van der Waals surface area contributed by atoms with Gasteiger partial charge in [-0.05, 0) is 48.9 Å². The maximum Gasteiger partial charge on any atom is 0.356 e. The molecule has 0 unspecified atom stereocenters. The fraction of sp³-hybridized carbons (Fsp3) is 0.0588. The first-order valence-corrected chi connectivity index (χ1v) is 13.4. The van der Waals surface area contributed by atoms with Crippen LogP contribution < -0.4 is 5.56 Å². The van der Waals surface area contributed by atoms with Gasteiger partial charge in [-0.25, -0.2) is 9.48 Å². The normalized spacial score (nSPS) is 12.8. The van der Waals surface area contributed by atoms with Crippen molar-refractivity contribution in [3.8, 4) is 5.69 Å². The van der Waals surface area contributed by atoms with Gasteiger partial charge in [-0.15, -0.1) is 10.2 Å². The van der Waals surface area contributed by atoms with E-state index < -0.39 is 73.6 Å². The number of azo groups is 1. The number of aromatic carboxylic acids is 1. The Balaban J connectivity index is 2.22. The van der Waals surface area contributed by atoms with Crippen LogP contribution >= 0.6 is 0 Å². The van der Waals surface area contributed by atoms with Crippen LogP contribution in [0.15, 0.2) is 66.1 Å². The minimum atomic E-state index is -5.02. The Kier molecular flexibility index (Phi) is 6.74. The average molecular weight is 563 g/mol. The molecule has 192 valence electrons. The number of benzene rings is 2. The Morgan fingerprint density at radius 3 is 1.89 bits per heavy atom. The van der Waals surface area contributed by atoms with Crippen LogP contribution in [0.3, 0.4) is 0 Å². The van der Waals surface area contributed by atoms with E-state index in [4.69, 9.17) is 4.55 Å². The number of nitrogens with zero attached hydrogens (tertiary/aromatic N) is 3. The number of aryl methyl sites for hydroxylation is 1. The molecule has 19 heteroatoms. The van der Waals surface area contributed by atoms with E-state index >= 15 is 0 Å². The smallest absolute Gasteiger partial charge is 0.356 e. The lowest BCUT2D eigenvalue weighted by molar-refractivity contribution is 0.0690. The summed E-state index contributed by atoms with van der Waals surface area (Å²) in [6.45, 7) is 1.11. The summed E-state index contributed by atoms with van der Waals surface area (Å²) in [4.78, 5) is 22.2. The molecule has 0 aliphatic heterocycles. The van der Waals surface area contributed by atoms with Gasteiger partial charge >= 0.3 is 5.97 Å². The van der Waals surface area contributed by atoms with Crippen molar-refractivity contribution in [3.05, 3.63) is 58.0 Å². The molecule has 16 nitrogen and oxygen atoms in total. The van der Waals surface area contributed by atoms with Gasteiger partial charge in [0.25, 0.3) is 35.9 Å². The number of hydrogen-bond acceptors (Lipinski definition) is 10. The van der Waals surface area contributed by atoms with Crippen LogP contribution in [0.25, 0.3) is 5.69 Å². The molecule has 0 saturated heterocycles.